The highest BCUT2D eigenvalue weighted by atomic mass is 16.4. The highest BCUT2D eigenvalue weighted by Crippen LogP contribution is 2.25. The molecule has 0 fully saturated rings. The van der Waals surface area contributed by atoms with Gasteiger partial charge in [0.25, 0.3) is 0 Å². The van der Waals surface area contributed by atoms with Gasteiger partial charge < -0.3 is 25.5 Å². The minimum absolute atomic E-state index is 0.151. The van der Waals surface area contributed by atoms with Crippen LogP contribution in [0.3, 0.4) is 0 Å². The lowest BCUT2D eigenvalue weighted by Gasteiger charge is -2.32. The lowest BCUT2D eigenvalue weighted by molar-refractivity contribution is -0.131. The zero-order valence-corrected chi connectivity index (χ0v) is 9.33. The highest BCUT2D eigenvalue weighted by Gasteiger charge is 2.34. The summed E-state index contributed by atoms with van der Waals surface area (Å²) in [7, 11) is 0. The third kappa shape index (κ3) is 5.82. The van der Waals surface area contributed by atoms with Gasteiger partial charge in [-0.1, -0.05) is 13.5 Å². The Labute approximate surface area is 94.5 Å². The molecule has 6 heteroatoms. The molecule has 16 heavy (non-hydrogen) atoms. The predicted octanol–water partition coefficient (Wildman–Crippen LogP) is -1.16. The van der Waals surface area contributed by atoms with E-state index in [4.69, 9.17) is 25.5 Å². The van der Waals surface area contributed by atoms with E-state index in [-0.39, 0.29) is 32.3 Å². The standard InChI is InChI=1S/C7H16O4.C3H4O2/c1-6(2-8)7(3-9,4-10)5-11;1-2-3(4)5/h6,8-11H,2-5H2,1H3;2H,1H2,(H,4,5). The Bertz CT molecular complexity index is 191. The summed E-state index contributed by atoms with van der Waals surface area (Å²) < 4.78 is 0. The fourth-order valence-corrected chi connectivity index (χ4v) is 0.811. The fraction of sp³-hybridized carbons (Fsp3) is 0.700. The monoisotopic (exact) mass is 236 g/mol. The van der Waals surface area contributed by atoms with Gasteiger partial charge in [-0.3, -0.25) is 0 Å². The van der Waals surface area contributed by atoms with Gasteiger partial charge in [-0.15, -0.1) is 0 Å². The molecule has 6 nitrogen and oxygen atoms in total. The summed E-state index contributed by atoms with van der Waals surface area (Å²) >= 11 is 0. The Morgan fingerprint density at radius 2 is 1.56 bits per heavy atom. The van der Waals surface area contributed by atoms with Crippen LogP contribution in [0.4, 0.5) is 0 Å². The molecule has 1 atom stereocenters. The second-order valence-corrected chi connectivity index (χ2v) is 3.46. The molecule has 0 aromatic heterocycles. The number of hydrogen-bond donors (Lipinski definition) is 5. The maximum atomic E-state index is 9.25. The van der Waals surface area contributed by atoms with E-state index in [1.54, 1.807) is 6.92 Å². The number of aliphatic hydroxyl groups excluding tert-OH is 4. The maximum Gasteiger partial charge on any atom is 0.327 e. The van der Waals surface area contributed by atoms with E-state index in [9.17, 15) is 4.79 Å². The Morgan fingerprint density at radius 3 is 1.62 bits per heavy atom. The average Bonchev–Trinajstić information content (AvgIpc) is 2.32. The summed E-state index contributed by atoms with van der Waals surface area (Å²) in [4.78, 5) is 9.25. The van der Waals surface area contributed by atoms with Gasteiger partial charge >= 0.3 is 5.97 Å². The summed E-state index contributed by atoms with van der Waals surface area (Å²) in [5.41, 5.74) is -0.950. The van der Waals surface area contributed by atoms with Gasteiger partial charge in [-0.2, -0.15) is 0 Å². The van der Waals surface area contributed by atoms with Crippen LogP contribution in [-0.4, -0.2) is 57.9 Å². The SMILES string of the molecule is C=CC(=O)O.CC(CO)C(CO)(CO)CO. The summed E-state index contributed by atoms with van der Waals surface area (Å²) in [5.74, 6) is -1.28. The molecule has 0 heterocycles. The van der Waals surface area contributed by atoms with Crippen molar-refractivity contribution < 1.29 is 30.3 Å². The number of carboxylic acids is 1. The number of hydrogen-bond acceptors (Lipinski definition) is 5. The van der Waals surface area contributed by atoms with E-state index >= 15 is 0 Å². The number of carboxylic acid groups (broad SMARTS) is 1. The van der Waals surface area contributed by atoms with Crippen LogP contribution in [0.15, 0.2) is 12.7 Å². The van der Waals surface area contributed by atoms with Crippen molar-refractivity contribution in [1.29, 1.82) is 0 Å². The molecule has 0 aliphatic heterocycles. The second-order valence-electron chi connectivity index (χ2n) is 3.46. The second kappa shape index (κ2) is 9.29. The van der Waals surface area contributed by atoms with Crippen molar-refractivity contribution in [1.82, 2.24) is 0 Å². The maximum absolute atomic E-state index is 9.25. The number of rotatable bonds is 6. The molecule has 0 rings (SSSR count). The molecule has 0 aliphatic rings. The van der Waals surface area contributed by atoms with Crippen LogP contribution in [0.2, 0.25) is 0 Å². The van der Waals surface area contributed by atoms with Crippen LogP contribution >= 0.6 is 0 Å². The van der Waals surface area contributed by atoms with Crippen molar-refractivity contribution >= 4 is 5.97 Å². The Kier molecular flexibility index (Phi) is 10.1. The average molecular weight is 236 g/mol. The quantitative estimate of drug-likeness (QED) is 0.371. The van der Waals surface area contributed by atoms with Gasteiger partial charge in [0.05, 0.1) is 19.8 Å². The van der Waals surface area contributed by atoms with Gasteiger partial charge in [0.1, 0.15) is 0 Å². The van der Waals surface area contributed by atoms with E-state index < -0.39 is 11.4 Å². The highest BCUT2D eigenvalue weighted by molar-refractivity contribution is 5.78. The van der Waals surface area contributed by atoms with Crippen LogP contribution in [0.5, 0.6) is 0 Å². The van der Waals surface area contributed by atoms with Gasteiger partial charge in [-0.25, -0.2) is 4.79 Å². The molecule has 0 saturated heterocycles. The van der Waals surface area contributed by atoms with E-state index in [1.165, 1.54) is 0 Å². The first-order valence-corrected chi connectivity index (χ1v) is 4.72. The Morgan fingerprint density at radius 1 is 1.25 bits per heavy atom. The minimum Gasteiger partial charge on any atom is -0.478 e. The van der Waals surface area contributed by atoms with Crippen LogP contribution < -0.4 is 0 Å². The molecule has 5 N–H and O–H groups in total. The van der Waals surface area contributed by atoms with Crippen molar-refractivity contribution in [2.45, 2.75) is 6.92 Å². The topological polar surface area (TPSA) is 118 Å². The summed E-state index contributed by atoms with van der Waals surface area (Å²) in [6.45, 7) is 3.53. The Balaban J connectivity index is 0. The van der Waals surface area contributed by atoms with Crippen LogP contribution in [0.1, 0.15) is 6.92 Å². The summed E-state index contributed by atoms with van der Waals surface area (Å²) in [6.07, 6.45) is 0.833. The summed E-state index contributed by atoms with van der Waals surface area (Å²) in [5, 5.41) is 42.9. The van der Waals surface area contributed by atoms with Gasteiger partial charge in [0.15, 0.2) is 0 Å². The van der Waals surface area contributed by atoms with Crippen LogP contribution in [0.25, 0.3) is 0 Å². The lowest BCUT2D eigenvalue weighted by Crippen LogP contribution is -2.41. The van der Waals surface area contributed by atoms with E-state index in [0.29, 0.717) is 0 Å². The van der Waals surface area contributed by atoms with Crippen molar-refractivity contribution in [3.63, 3.8) is 0 Å². The molecule has 0 spiro atoms. The molecule has 0 bridgehead atoms. The van der Waals surface area contributed by atoms with Crippen molar-refractivity contribution in [2.75, 3.05) is 26.4 Å². The van der Waals surface area contributed by atoms with Crippen molar-refractivity contribution in [3.8, 4) is 0 Å². The van der Waals surface area contributed by atoms with E-state index in [1.807, 2.05) is 0 Å². The van der Waals surface area contributed by atoms with E-state index in [2.05, 4.69) is 6.58 Å². The van der Waals surface area contributed by atoms with Gasteiger partial charge in [-0.05, 0) is 5.92 Å². The third-order valence-corrected chi connectivity index (χ3v) is 2.44. The smallest absolute Gasteiger partial charge is 0.327 e. The van der Waals surface area contributed by atoms with E-state index in [0.717, 1.165) is 6.08 Å². The number of carbonyl (C=O) groups is 1. The Hall–Kier alpha value is -0.950. The van der Waals surface area contributed by atoms with Gasteiger partial charge in [0, 0.05) is 18.1 Å². The van der Waals surface area contributed by atoms with Gasteiger partial charge in [0.2, 0.25) is 0 Å². The van der Waals surface area contributed by atoms with Crippen molar-refractivity contribution in [3.05, 3.63) is 12.7 Å². The molecule has 0 amide bonds. The molecule has 0 aromatic rings. The molecular formula is C10H20O6. The third-order valence-electron chi connectivity index (χ3n) is 2.44. The number of aliphatic carboxylic acids is 1. The normalized spacial score (nSPS) is 12.3. The largest absolute Gasteiger partial charge is 0.478 e. The molecule has 0 saturated carbocycles. The summed E-state index contributed by atoms with van der Waals surface area (Å²) in [6, 6.07) is 0. The lowest BCUT2D eigenvalue weighted by atomic mass is 9.79. The first kappa shape index (κ1) is 17.4. The minimum atomic E-state index is -0.981. The molecule has 96 valence electrons. The molecule has 0 aromatic carbocycles. The first-order chi connectivity index (χ1) is 7.43. The fourth-order valence-electron chi connectivity index (χ4n) is 0.811. The predicted molar refractivity (Wildman–Crippen MR) is 57.8 cm³/mol. The zero-order valence-electron chi connectivity index (χ0n) is 9.33. The first-order valence-electron chi connectivity index (χ1n) is 4.72. The van der Waals surface area contributed by atoms with Crippen LogP contribution in [0, 0.1) is 11.3 Å². The molecular weight excluding hydrogens is 216 g/mol. The molecule has 1 unspecified atom stereocenters. The number of aliphatic hydroxyl groups is 4. The van der Waals surface area contributed by atoms with Crippen LogP contribution in [-0.2, 0) is 4.79 Å². The zero-order chi connectivity index (χ0) is 13.2. The molecule has 0 radical (unpaired) electrons. The molecule has 0 aliphatic carbocycles. The van der Waals surface area contributed by atoms with Crippen molar-refractivity contribution in [2.24, 2.45) is 11.3 Å².